The molecule has 0 aliphatic heterocycles. The molecule has 0 saturated heterocycles. The number of nitrogens with zero attached hydrogens (tertiary/aromatic N) is 1. The van der Waals surface area contributed by atoms with Crippen LogP contribution in [0.15, 0.2) is 30.0 Å². The van der Waals surface area contributed by atoms with Gasteiger partial charge in [-0.3, -0.25) is 4.79 Å². The first-order chi connectivity index (χ1) is 4.31. The van der Waals surface area contributed by atoms with E-state index in [1.54, 1.807) is 0 Å². The van der Waals surface area contributed by atoms with Gasteiger partial charge in [0.25, 0.3) is 0 Å². The van der Waals surface area contributed by atoms with E-state index < -0.39 is 0 Å². The van der Waals surface area contributed by atoms with Gasteiger partial charge in [0.05, 0.1) is 0 Å². The zero-order chi connectivity index (χ0) is 7.11. The molecule has 3 nitrogen and oxygen atoms in total. The molecule has 0 spiro atoms. The Hall–Kier alpha value is -1.38. The van der Waals surface area contributed by atoms with Crippen molar-refractivity contribution in [3.63, 3.8) is 0 Å². The standard InChI is InChI=1S/C6H7NO2/c1-2-3-4-6(8)5-7-9/h2-5,9H,1H2/b4-3-,7-5?. The Balaban J connectivity index is 3.76. The highest BCUT2D eigenvalue weighted by molar-refractivity contribution is 6.32. The van der Waals surface area contributed by atoms with Crippen molar-refractivity contribution in [1.29, 1.82) is 0 Å². The second-order valence-electron chi connectivity index (χ2n) is 1.24. The van der Waals surface area contributed by atoms with Crippen LogP contribution in [0.5, 0.6) is 0 Å². The van der Waals surface area contributed by atoms with Gasteiger partial charge >= 0.3 is 0 Å². The van der Waals surface area contributed by atoms with Gasteiger partial charge in [-0.25, -0.2) is 0 Å². The van der Waals surface area contributed by atoms with E-state index in [0.717, 1.165) is 6.21 Å². The molecule has 0 aliphatic carbocycles. The first kappa shape index (κ1) is 7.62. The molecule has 0 atom stereocenters. The van der Waals surface area contributed by atoms with Crippen molar-refractivity contribution in [2.75, 3.05) is 0 Å². The third-order valence-electron chi connectivity index (χ3n) is 0.582. The van der Waals surface area contributed by atoms with Gasteiger partial charge in [0, 0.05) is 0 Å². The second-order valence-corrected chi connectivity index (χ2v) is 1.24. The smallest absolute Gasteiger partial charge is 0.200 e. The molecule has 3 heteroatoms. The zero-order valence-corrected chi connectivity index (χ0v) is 4.82. The maximum Gasteiger partial charge on any atom is 0.200 e. The molecule has 0 unspecified atom stereocenters. The number of carbonyl (C=O) groups excluding carboxylic acids is 1. The molecule has 1 N–H and O–H groups in total. The Labute approximate surface area is 53.0 Å². The Morgan fingerprint density at radius 1 is 1.67 bits per heavy atom. The highest BCUT2D eigenvalue weighted by Gasteiger charge is 1.84. The van der Waals surface area contributed by atoms with Gasteiger partial charge in [-0.15, -0.1) is 0 Å². The number of hydrogen-bond donors (Lipinski definition) is 1. The first-order valence-corrected chi connectivity index (χ1v) is 2.31. The van der Waals surface area contributed by atoms with E-state index in [0.29, 0.717) is 0 Å². The molecule has 0 aromatic heterocycles. The van der Waals surface area contributed by atoms with E-state index in [1.165, 1.54) is 18.2 Å². The van der Waals surface area contributed by atoms with Crippen LogP contribution >= 0.6 is 0 Å². The van der Waals surface area contributed by atoms with Crippen molar-refractivity contribution in [1.82, 2.24) is 0 Å². The lowest BCUT2D eigenvalue weighted by Crippen LogP contribution is -1.91. The molecular weight excluding hydrogens is 118 g/mol. The third-order valence-corrected chi connectivity index (χ3v) is 0.582. The second kappa shape index (κ2) is 4.77. The lowest BCUT2D eigenvalue weighted by molar-refractivity contribution is -0.108. The Morgan fingerprint density at radius 2 is 2.33 bits per heavy atom. The van der Waals surface area contributed by atoms with Crippen LogP contribution in [-0.2, 0) is 4.79 Å². The number of allylic oxidation sites excluding steroid dienone is 3. The minimum absolute atomic E-state index is 0.364. The summed E-state index contributed by atoms with van der Waals surface area (Å²) in [4.78, 5) is 10.4. The lowest BCUT2D eigenvalue weighted by atomic mass is 10.4. The van der Waals surface area contributed by atoms with Crippen LogP contribution in [0.3, 0.4) is 0 Å². The average Bonchev–Trinajstić information content (AvgIpc) is 1.85. The largest absolute Gasteiger partial charge is 0.411 e. The first-order valence-electron chi connectivity index (χ1n) is 2.31. The Kier molecular flexibility index (Phi) is 4.04. The number of oxime groups is 1. The van der Waals surface area contributed by atoms with Crippen molar-refractivity contribution in [2.24, 2.45) is 5.16 Å². The van der Waals surface area contributed by atoms with Crippen LogP contribution < -0.4 is 0 Å². The molecule has 0 saturated carbocycles. The lowest BCUT2D eigenvalue weighted by Gasteiger charge is -1.74. The van der Waals surface area contributed by atoms with Crippen molar-refractivity contribution in [3.05, 3.63) is 24.8 Å². The molecule has 0 aromatic rings. The fourth-order valence-electron chi connectivity index (χ4n) is 0.263. The van der Waals surface area contributed by atoms with Crippen LogP contribution in [0.1, 0.15) is 0 Å². The quantitative estimate of drug-likeness (QED) is 0.199. The van der Waals surface area contributed by atoms with Gasteiger partial charge in [-0.1, -0.05) is 23.9 Å². The van der Waals surface area contributed by atoms with Crippen molar-refractivity contribution < 1.29 is 10.0 Å². The summed E-state index contributed by atoms with van der Waals surface area (Å²) >= 11 is 0. The fraction of sp³-hybridized carbons (Fsp3) is 0. The number of rotatable bonds is 3. The van der Waals surface area contributed by atoms with Gasteiger partial charge in [0.1, 0.15) is 6.21 Å². The number of carbonyl (C=O) groups is 1. The number of hydrogen-bond acceptors (Lipinski definition) is 3. The van der Waals surface area contributed by atoms with Gasteiger partial charge in [-0.05, 0) is 6.08 Å². The minimum Gasteiger partial charge on any atom is -0.411 e. The van der Waals surface area contributed by atoms with Crippen LogP contribution in [0.2, 0.25) is 0 Å². The average molecular weight is 125 g/mol. The summed E-state index contributed by atoms with van der Waals surface area (Å²) in [5, 5.41) is 10.4. The van der Waals surface area contributed by atoms with Crippen LogP contribution in [-0.4, -0.2) is 17.2 Å². The Morgan fingerprint density at radius 3 is 2.78 bits per heavy atom. The third kappa shape index (κ3) is 4.47. The maximum atomic E-state index is 10.4. The van der Waals surface area contributed by atoms with E-state index in [-0.39, 0.29) is 5.78 Å². The number of ketones is 1. The van der Waals surface area contributed by atoms with Crippen LogP contribution in [0.25, 0.3) is 0 Å². The summed E-state index contributed by atoms with van der Waals surface area (Å²) in [7, 11) is 0. The van der Waals surface area contributed by atoms with E-state index in [2.05, 4.69) is 11.7 Å². The molecule has 0 aromatic carbocycles. The predicted octanol–water partition coefficient (Wildman–Crippen LogP) is 0.758. The van der Waals surface area contributed by atoms with Gasteiger partial charge in [0.15, 0.2) is 5.78 Å². The molecule has 9 heavy (non-hydrogen) atoms. The van der Waals surface area contributed by atoms with E-state index in [1.807, 2.05) is 0 Å². The van der Waals surface area contributed by atoms with Crippen molar-refractivity contribution in [2.45, 2.75) is 0 Å². The topological polar surface area (TPSA) is 49.7 Å². The van der Waals surface area contributed by atoms with E-state index in [9.17, 15) is 4.79 Å². The van der Waals surface area contributed by atoms with Crippen molar-refractivity contribution >= 4 is 12.0 Å². The van der Waals surface area contributed by atoms with E-state index >= 15 is 0 Å². The summed E-state index contributed by atoms with van der Waals surface area (Å²) < 4.78 is 0. The molecule has 0 amide bonds. The van der Waals surface area contributed by atoms with Crippen LogP contribution in [0.4, 0.5) is 0 Å². The molecule has 0 bridgehead atoms. The van der Waals surface area contributed by atoms with Crippen LogP contribution in [0, 0.1) is 0 Å². The summed E-state index contributed by atoms with van der Waals surface area (Å²) in [6.07, 6.45) is 4.97. The van der Waals surface area contributed by atoms with Gasteiger partial charge in [0.2, 0.25) is 0 Å². The normalized spacial score (nSPS) is 10.7. The monoisotopic (exact) mass is 125 g/mol. The highest BCUT2D eigenvalue weighted by atomic mass is 16.4. The van der Waals surface area contributed by atoms with Gasteiger partial charge < -0.3 is 5.21 Å². The van der Waals surface area contributed by atoms with Gasteiger partial charge in [-0.2, -0.15) is 0 Å². The molecule has 0 radical (unpaired) electrons. The SMILES string of the molecule is C=C/C=C\C(=O)C=NO. The zero-order valence-electron chi connectivity index (χ0n) is 4.82. The Bertz CT molecular complexity index is 158. The maximum absolute atomic E-state index is 10.4. The molecule has 0 heterocycles. The van der Waals surface area contributed by atoms with Crippen molar-refractivity contribution in [3.8, 4) is 0 Å². The summed E-state index contributed by atoms with van der Waals surface area (Å²) in [5.74, 6) is -0.364. The molecular formula is C6H7NO2. The fourth-order valence-corrected chi connectivity index (χ4v) is 0.263. The van der Waals surface area contributed by atoms with E-state index in [4.69, 9.17) is 5.21 Å². The molecule has 0 fully saturated rings. The molecule has 0 rings (SSSR count). The highest BCUT2D eigenvalue weighted by Crippen LogP contribution is 1.73. The summed E-state index contributed by atoms with van der Waals surface area (Å²) in [6, 6.07) is 0. The molecule has 0 aliphatic rings. The summed E-state index contributed by atoms with van der Waals surface area (Å²) in [5.41, 5.74) is 0. The predicted molar refractivity (Wildman–Crippen MR) is 34.6 cm³/mol. The summed E-state index contributed by atoms with van der Waals surface area (Å²) in [6.45, 7) is 3.35. The minimum atomic E-state index is -0.364. The molecule has 48 valence electrons.